The number of nitrogens with zero attached hydrogens (tertiary/aromatic N) is 3. The number of hydrogen-bond acceptors (Lipinski definition) is 5. The number of benzene rings is 1. The zero-order chi connectivity index (χ0) is 24.1. The maximum atomic E-state index is 13.6. The minimum absolute atomic E-state index is 0.00155. The Balaban J connectivity index is 2.00. The van der Waals surface area contributed by atoms with Crippen LogP contribution >= 0.6 is 27.3 Å². The van der Waals surface area contributed by atoms with Gasteiger partial charge in [0, 0.05) is 12.4 Å². The summed E-state index contributed by atoms with van der Waals surface area (Å²) >= 11 is 4.00. The van der Waals surface area contributed by atoms with Crippen molar-refractivity contribution in [2.45, 2.75) is 13.1 Å². The van der Waals surface area contributed by atoms with Crippen molar-refractivity contribution in [1.29, 1.82) is 0 Å². The Labute approximate surface area is 197 Å². The lowest BCUT2D eigenvalue weighted by atomic mass is 10.0. The third-order valence-corrected chi connectivity index (χ3v) is 6.91. The number of anilines is 1. The SMILES string of the molecule is Cc1nn(C)c(C(=O)Nc2c(C(N)=O)sc3nc(C(F)(F)F)cc(-c4ccccc4)c23)c1Br. The fourth-order valence-electron chi connectivity index (χ4n) is 3.43. The number of fused-ring (bicyclic) bond motifs is 1. The number of nitrogens with one attached hydrogen (secondary N) is 1. The number of halogens is 4. The number of aryl methyl sites for hydroxylation is 2. The van der Waals surface area contributed by atoms with E-state index in [9.17, 15) is 22.8 Å². The molecule has 0 unspecified atom stereocenters. The Kier molecular flexibility index (Phi) is 5.74. The van der Waals surface area contributed by atoms with Gasteiger partial charge in [-0.05, 0) is 40.0 Å². The van der Waals surface area contributed by atoms with E-state index in [0.29, 0.717) is 27.1 Å². The number of pyridine rings is 1. The van der Waals surface area contributed by atoms with Gasteiger partial charge in [0.15, 0.2) is 0 Å². The van der Waals surface area contributed by atoms with E-state index >= 15 is 0 Å². The Morgan fingerprint density at radius 1 is 1.21 bits per heavy atom. The number of nitrogens with two attached hydrogens (primary N) is 1. The number of aromatic nitrogens is 3. The van der Waals surface area contributed by atoms with Crippen LogP contribution in [0.4, 0.5) is 18.9 Å². The summed E-state index contributed by atoms with van der Waals surface area (Å²) in [6, 6.07) is 9.22. The molecule has 4 aromatic rings. The lowest BCUT2D eigenvalue weighted by Crippen LogP contribution is -2.19. The molecule has 0 saturated heterocycles. The second-order valence-corrected chi connectivity index (χ2v) is 8.89. The van der Waals surface area contributed by atoms with Crippen LogP contribution in [0.1, 0.15) is 31.5 Å². The van der Waals surface area contributed by atoms with Crippen molar-refractivity contribution in [2.24, 2.45) is 12.8 Å². The topological polar surface area (TPSA) is 103 Å². The van der Waals surface area contributed by atoms with Crippen molar-refractivity contribution in [2.75, 3.05) is 5.32 Å². The molecule has 0 aliphatic heterocycles. The molecule has 0 aliphatic carbocycles. The zero-order valence-corrected chi connectivity index (χ0v) is 19.5. The molecule has 7 nitrogen and oxygen atoms in total. The first-order valence-electron chi connectivity index (χ1n) is 9.39. The van der Waals surface area contributed by atoms with E-state index in [-0.39, 0.29) is 32.0 Å². The van der Waals surface area contributed by atoms with Crippen molar-refractivity contribution in [3.63, 3.8) is 0 Å². The molecule has 0 atom stereocenters. The lowest BCUT2D eigenvalue weighted by molar-refractivity contribution is -0.140. The highest BCUT2D eigenvalue weighted by Gasteiger charge is 2.35. The average molecular weight is 538 g/mol. The molecule has 3 N–H and O–H groups in total. The largest absolute Gasteiger partial charge is 0.433 e. The number of alkyl halides is 3. The number of hydrogen-bond donors (Lipinski definition) is 2. The van der Waals surface area contributed by atoms with Gasteiger partial charge in [0.25, 0.3) is 11.8 Å². The molecule has 0 saturated carbocycles. The second-order valence-electron chi connectivity index (χ2n) is 7.10. The zero-order valence-electron chi connectivity index (χ0n) is 17.1. The highest BCUT2D eigenvalue weighted by molar-refractivity contribution is 9.10. The number of carbonyl (C=O) groups excluding carboxylic acids is 2. The van der Waals surface area contributed by atoms with Crippen molar-refractivity contribution in [3.05, 3.63) is 62.8 Å². The maximum absolute atomic E-state index is 13.6. The quantitative estimate of drug-likeness (QED) is 0.376. The van der Waals surface area contributed by atoms with E-state index < -0.39 is 23.7 Å². The van der Waals surface area contributed by atoms with Gasteiger partial charge in [0.05, 0.1) is 15.9 Å². The number of amides is 2. The fraction of sp³-hybridized carbons (Fsp3) is 0.143. The van der Waals surface area contributed by atoms with Gasteiger partial charge in [-0.3, -0.25) is 14.3 Å². The van der Waals surface area contributed by atoms with E-state index in [2.05, 4.69) is 31.3 Å². The lowest BCUT2D eigenvalue weighted by Gasteiger charge is -2.12. The van der Waals surface area contributed by atoms with Gasteiger partial charge in [-0.1, -0.05) is 30.3 Å². The normalized spacial score (nSPS) is 11.7. The number of thiophene rings is 1. The van der Waals surface area contributed by atoms with E-state index in [1.165, 1.54) is 4.68 Å². The van der Waals surface area contributed by atoms with Crippen molar-refractivity contribution in [1.82, 2.24) is 14.8 Å². The summed E-state index contributed by atoms with van der Waals surface area (Å²) < 4.78 is 42.5. The molecular formula is C21H15BrF3N5O2S. The summed E-state index contributed by atoms with van der Waals surface area (Å²) in [6.07, 6.45) is -4.71. The fourth-order valence-corrected chi connectivity index (χ4v) is 4.96. The van der Waals surface area contributed by atoms with Crippen LogP contribution in [0.5, 0.6) is 0 Å². The van der Waals surface area contributed by atoms with Crippen LogP contribution in [0.2, 0.25) is 0 Å². The van der Waals surface area contributed by atoms with Gasteiger partial charge in [0.1, 0.15) is 21.1 Å². The molecule has 3 heterocycles. The summed E-state index contributed by atoms with van der Waals surface area (Å²) in [5.74, 6) is -1.52. The minimum atomic E-state index is -4.71. The third kappa shape index (κ3) is 4.11. The van der Waals surface area contributed by atoms with Gasteiger partial charge in [-0.25, -0.2) is 4.98 Å². The van der Waals surface area contributed by atoms with Crippen LogP contribution in [0.15, 0.2) is 40.9 Å². The Morgan fingerprint density at radius 2 is 1.88 bits per heavy atom. The molecule has 3 aromatic heterocycles. The number of rotatable bonds is 4. The summed E-state index contributed by atoms with van der Waals surface area (Å²) in [5.41, 5.74) is 5.74. The number of primary amides is 1. The van der Waals surface area contributed by atoms with Crippen molar-refractivity contribution < 1.29 is 22.8 Å². The standard InChI is InChI=1S/C21H15BrF3N5O2S/c1-9-14(22)16(30(2)29-9)19(32)28-15-13-11(10-6-4-3-5-7-10)8-12(21(23,24)25)27-20(13)33-17(15)18(26)31/h3-8H,1-2H3,(H2,26,31)(H,28,32). The first kappa shape index (κ1) is 22.9. The molecule has 0 bridgehead atoms. The van der Waals surface area contributed by atoms with Crippen LogP contribution in [-0.4, -0.2) is 26.6 Å². The molecule has 12 heteroatoms. The summed E-state index contributed by atoms with van der Waals surface area (Å²) in [5, 5.41) is 7.01. The molecule has 0 aliphatic rings. The van der Waals surface area contributed by atoms with Gasteiger partial charge < -0.3 is 11.1 Å². The Morgan fingerprint density at radius 3 is 2.42 bits per heavy atom. The third-order valence-electron chi connectivity index (χ3n) is 4.86. The average Bonchev–Trinajstić information content (AvgIpc) is 3.23. The Bertz CT molecular complexity index is 1410. The number of carbonyl (C=O) groups is 2. The predicted molar refractivity (Wildman–Crippen MR) is 122 cm³/mol. The summed E-state index contributed by atoms with van der Waals surface area (Å²) in [7, 11) is 1.57. The van der Waals surface area contributed by atoms with E-state index in [1.54, 1.807) is 44.3 Å². The van der Waals surface area contributed by atoms with Gasteiger partial charge in [0.2, 0.25) is 0 Å². The smallest absolute Gasteiger partial charge is 0.365 e. The van der Waals surface area contributed by atoms with Crippen LogP contribution < -0.4 is 11.1 Å². The second kappa shape index (κ2) is 8.27. The first-order chi connectivity index (χ1) is 15.5. The summed E-state index contributed by atoms with van der Waals surface area (Å²) in [6.45, 7) is 1.70. The van der Waals surface area contributed by atoms with Crippen LogP contribution in [0.25, 0.3) is 21.3 Å². The van der Waals surface area contributed by atoms with Gasteiger partial charge in [-0.2, -0.15) is 18.3 Å². The van der Waals surface area contributed by atoms with Crippen molar-refractivity contribution >= 4 is 55.0 Å². The van der Waals surface area contributed by atoms with Crippen LogP contribution in [0.3, 0.4) is 0 Å². The first-order valence-corrected chi connectivity index (χ1v) is 11.0. The molecule has 0 radical (unpaired) electrons. The molecule has 0 fully saturated rings. The van der Waals surface area contributed by atoms with Crippen molar-refractivity contribution in [3.8, 4) is 11.1 Å². The monoisotopic (exact) mass is 537 g/mol. The maximum Gasteiger partial charge on any atom is 0.433 e. The highest BCUT2D eigenvalue weighted by Crippen LogP contribution is 2.43. The van der Waals surface area contributed by atoms with E-state index in [0.717, 1.165) is 6.07 Å². The van der Waals surface area contributed by atoms with E-state index in [4.69, 9.17) is 5.73 Å². The molecule has 1 aromatic carbocycles. The molecule has 170 valence electrons. The minimum Gasteiger partial charge on any atom is -0.365 e. The molecular weight excluding hydrogens is 523 g/mol. The molecule has 4 rings (SSSR count). The predicted octanol–water partition coefficient (Wildman–Crippen LogP) is 5.14. The summed E-state index contributed by atoms with van der Waals surface area (Å²) in [4.78, 5) is 28.8. The molecule has 0 spiro atoms. The van der Waals surface area contributed by atoms with Crippen LogP contribution in [-0.2, 0) is 13.2 Å². The highest BCUT2D eigenvalue weighted by atomic mass is 79.9. The van der Waals surface area contributed by atoms with Gasteiger partial charge >= 0.3 is 6.18 Å². The molecule has 2 amide bonds. The van der Waals surface area contributed by atoms with Gasteiger partial charge in [-0.15, -0.1) is 11.3 Å². The molecule has 33 heavy (non-hydrogen) atoms. The Hall–Kier alpha value is -3.25. The van der Waals surface area contributed by atoms with Crippen LogP contribution in [0, 0.1) is 6.92 Å². The van der Waals surface area contributed by atoms with E-state index in [1.807, 2.05) is 0 Å².